The van der Waals surface area contributed by atoms with Crippen LogP contribution in [0.4, 0.5) is 0 Å². The second kappa shape index (κ2) is 9.48. The smallest absolute Gasteiger partial charge is 0.267 e. The Kier molecular flexibility index (Phi) is 6.50. The lowest BCUT2D eigenvalue weighted by Crippen LogP contribution is -2.51. The molecule has 2 aromatic heterocycles. The van der Waals surface area contributed by atoms with E-state index in [1.54, 1.807) is 17.7 Å². The van der Waals surface area contributed by atoms with Crippen molar-refractivity contribution in [2.75, 3.05) is 32.7 Å². The van der Waals surface area contributed by atoms with Gasteiger partial charge in [0.25, 0.3) is 5.56 Å². The Balaban J connectivity index is 1.39. The lowest BCUT2D eigenvalue weighted by molar-refractivity contribution is -0.136. The maximum absolute atomic E-state index is 13.1. The minimum absolute atomic E-state index is 0.0761. The zero-order valence-corrected chi connectivity index (χ0v) is 18.9. The first-order valence-electron chi connectivity index (χ1n) is 11.1. The van der Waals surface area contributed by atoms with Crippen molar-refractivity contribution in [2.24, 2.45) is 0 Å². The fourth-order valence-electron chi connectivity index (χ4n) is 4.16. The maximum Gasteiger partial charge on any atom is 0.267 e. The van der Waals surface area contributed by atoms with Crippen LogP contribution in [-0.4, -0.2) is 68.0 Å². The fourth-order valence-corrected chi connectivity index (χ4v) is 4.16. The van der Waals surface area contributed by atoms with E-state index in [9.17, 15) is 9.59 Å². The molecule has 4 rings (SSSR count). The van der Waals surface area contributed by atoms with Gasteiger partial charge in [0.05, 0.1) is 5.69 Å². The first-order chi connectivity index (χ1) is 15.4. The molecule has 1 fully saturated rings. The van der Waals surface area contributed by atoms with Crippen LogP contribution < -0.4 is 5.56 Å². The molecule has 0 N–H and O–H groups in total. The third kappa shape index (κ3) is 4.80. The van der Waals surface area contributed by atoms with Crippen LogP contribution in [0.2, 0.25) is 0 Å². The van der Waals surface area contributed by atoms with Crippen molar-refractivity contribution in [3.05, 3.63) is 75.8 Å². The number of carbonyl (C=O) groups is 1. The highest BCUT2D eigenvalue weighted by molar-refractivity contribution is 5.80. The molecule has 3 heterocycles. The van der Waals surface area contributed by atoms with Gasteiger partial charge in [0.15, 0.2) is 5.82 Å². The van der Waals surface area contributed by atoms with Crippen LogP contribution in [0.25, 0.3) is 5.82 Å². The molecule has 1 unspecified atom stereocenters. The average molecular weight is 435 g/mol. The van der Waals surface area contributed by atoms with E-state index in [0.29, 0.717) is 18.9 Å². The minimum atomic E-state index is -0.671. The largest absolute Gasteiger partial charge is 0.338 e. The number of nitrogens with zero attached hydrogens (tertiary/aromatic N) is 6. The van der Waals surface area contributed by atoms with Crippen LogP contribution in [0.5, 0.6) is 0 Å². The third-order valence-corrected chi connectivity index (χ3v) is 6.01. The van der Waals surface area contributed by atoms with E-state index in [0.717, 1.165) is 37.4 Å². The lowest BCUT2D eigenvalue weighted by Gasteiger charge is -2.36. The number of benzene rings is 1. The Morgan fingerprint density at radius 2 is 1.72 bits per heavy atom. The molecule has 1 aromatic carbocycles. The highest BCUT2D eigenvalue weighted by Crippen LogP contribution is 2.13. The van der Waals surface area contributed by atoms with Gasteiger partial charge < -0.3 is 4.90 Å². The number of piperazine rings is 1. The summed E-state index contributed by atoms with van der Waals surface area (Å²) in [5.41, 5.74) is 2.83. The predicted octanol–water partition coefficient (Wildman–Crippen LogP) is 1.99. The maximum atomic E-state index is 13.1. The predicted molar refractivity (Wildman–Crippen MR) is 123 cm³/mol. The molecule has 1 saturated heterocycles. The van der Waals surface area contributed by atoms with Gasteiger partial charge in [0.1, 0.15) is 6.04 Å². The van der Waals surface area contributed by atoms with Crippen molar-refractivity contribution >= 4 is 5.91 Å². The normalized spacial score (nSPS) is 15.7. The molecule has 3 aromatic rings. The fraction of sp³-hybridized carbons (Fsp3) is 0.417. The summed E-state index contributed by atoms with van der Waals surface area (Å²) in [4.78, 5) is 29.9. The van der Waals surface area contributed by atoms with E-state index in [-0.39, 0.29) is 11.5 Å². The number of hydrogen-bond acceptors (Lipinski definition) is 5. The third-order valence-electron chi connectivity index (χ3n) is 6.01. The van der Waals surface area contributed by atoms with Crippen molar-refractivity contribution in [2.45, 2.75) is 33.2 Å². The Morgan fingerprint density at radius 3 is 2.38 bits per heavy atom. The molecule has 0 radical (unpaired) electrons. The summed E-state index contributed by atoms with van der Waals surface area (Å²) in [7, 11) is 0. The van der Waals surface area contributed by atoms with Gasteiger partial charge in [0.2, 0.25) is 5.91 Å². The molecule has 8 heteroatoms. The summed E-state index contributed by atoms with van der Waals surface area (Å²) < 4.78 is 2.96. The summed E-state index contributed by atoms with van der Waals surface area (Å²) in [6.45, 7) is 9.54. The second-order valence-corrected chi connectivity index (χ2v) is 8.39. The molecule has 8 nitrogen and oxygen atoms in total. The van der Waals surface area contributed by atoms with Gasteiger partial charge in [-0.15, -0.1) is 5.10 Å². The summed E-state index contributed by atoms with van der Waals surface area (Å²) in [5, 5.41) is 8.89. The number of hydrogen-bond donors (Lipinski definition) is 0. The highest BCUT2D eigenvalue weighted by Gasteiger charge is 2.27. The molecule has 168 valence electrons. The topological polar surface area (TPSA) is 76.3 Å². The summed E-state index contributed by atoms with van der Waals surface area (Å²) in [6.07, 6.45) is 1.00. The van der Waals surface area contributed by atoms with E-state index in [2.05, 4.69) is 39.4 Å². The molecule has 0 spiro atoms. The molecule has 0 saturated carbocycles. The Morgan fingerprint density at radius 1 is 1.00 bits per heavy atom. The van der Waals surface area contributed by atoms with E-state index in [1.165, 1.54) is 16.3 Å². The van der Waals surface area contributed by atoms with Crippen molar-refractivity contribution < 1.29 is 4.79 Å². The number of carbonyl (C=O) groups excluding carboxylic acids is 1. The molecule has 1 amide bonds. The molecular formula is C24H30N6O2. The summed E-state index contributed by atoms with van der Waals surface area (Å²) in [5.74, 6) is 0.452. The van der Waals surface area contributed by atoms with Gasteiger partial charge in [-0.25, -0.2) is 9.36 Å². The van der Waals surface area contributed by atoms with Crippen molar-refractivity contribution in [3.8, 4) is 5.82 Å². The molecule has 1 aliphatic rings. The quantitative estimate of drug-likeness (QED) is 0.593. The Hall–Kier alpha value is -3.26. The SMILES string of the molecule is Cc1cc(C)n(-c2ccc(=O)n(C(C)C(=O)N3CCN(CCc4ccccc4)CC3)n2)n1. The van der Waals surface area contributed by atoms with Crippen LogP contribution in [-0.2, 0) is 11.2 Å². The van der Waals surface area contributed by atoms with Gasteiger partial charge in [-0.05, 0) is 44.9 Å². The van der Waals surface area contributed by atoms with Crippen LogP contribution in [0.3, 0.4) is 0 Å². The molecule has 1 atom stereocenters. The summed E-state index contributed by atoms with van der Waals surface area (Å²) >= 11 is 0. The van der Waals surface area contributed by atoms with Crippen molar-refractivity contribution in [1.29, 1.82) is 0 Å². The van der Waals surface area contributed by atoms with Crippen molar-refractivity contribution in [3.63, 3.8) is 0 Å². The molecule has 0 bridgehead atoms. The second-order valence-electron chi connectivity index (χ2n) is 8.39. The van der Waals surface area contributed by atoms with Crippen LogP contribution in [0, 0.1) is 13.8 Å². The minimum Gasteiger partial charge on any atom is -0.338 e. The summed E-state index contributed by atoms with van der Waals surface area (Å²) in [6, 6.07) is 14.8. The Labute approximate surface area is 188 Å². The first kappa shape index (κ1) is 22.0. The lowest BCUT2D eigenvalue weighted by atomic mass is 10.1. The molecule has 32 heavy (non-hydrogen) atoms. The van der Waals surface area contributed by atoms with Crippen LogP contribution in [0.15, 0.2) is 53.3 Å². The molecular weight excluding hydrogens is 404 g/mol. The van der Waals surface area contributed by atoms with Crippen LogP contribution >= 0.6 is 0 Å². The van der Waals surface area contributed by atoms with E-state index in [4.69, 9.17) is 0 Å². The first-order valence-corrected chi connectivity index (χ1v) is 11.1. The van der Waals surface area contributed by atoms with Gasteiger partial charge in [-0.1, -0.05) is 30.3 Å². The standard InChI is InChI=1S/C24H30N6O2/c1-18-17-19(2)29(25-18)22-9-10-23(31)30(26-22)20(3)24(32)28-15-13-27(14-16-28)12-11-21-7-5-4-6-8-21/h4-10,17,20H,11-16H2,1-3H3. The highest BCUT2D eigenvalue weighted by atomic mass is 16.2. The monoisotopic (exact) mass is 434 g/mol. The molecule has 0 aliphatic carbocycles. The number of aryl methyl sites for hydroxylation is 2. The number of rotatable bonds is 6. The Bertz CT molecular complexity index is 1130. The van der Waals surface area contributed by atoms with Gasteiger partial charge >= 0.3 is 0 Å². The van der Waals surface area contributed by atoms with Gasteiger partial charge in [-0.3, -0.25) is 14.5 Å². The average Bonchev–Trinajstić information content (AvgIpc) is 3.16. The van der Waals surface area contributed by atoms with E-state index in [1.807, 2.05) is 30.9 Å². The number of amides is 1. The van der Waals surface area contributed by atoms with E-state index < -0.39 is 6.04 Å². The van der Waals surface area contributed by atoms with Gasteiger partial charge in [-0.2, -0.15) is 5.10 Å². The van der Waals surface area contributed by atoms with Crippen LogP contribution in [0.1, 0.15) is 29.9 Å². The van der Waals surface area contributed by atoms with Crippen molar-refractivity contribution in [1.82, 2.24) is 29.4 Å². The zero-order chi connectivity index (χ0) is 22.7. The zero-order valence-electron chi connectivity index (χ0n) is 18.9. The molecule has 1 aliphatic heterocycles. The van der Waals surface area contributed by atoms with Gasteiger partial charge in [0, 0.05) is 44.5 Å². The number of aromatic nitrogens is 4. The van der Waals surface area contributed by atoms with E-state index >= 15 is 0 Å².